The van der Waals surface area contributed by atoms with Crippen LogP contribution in [0.5, 0.6) is 0 Å². The first-order chi connectivity index (χ1) is 14.7. The average molecular weight is 421 g/mol. The molecule has 30 heavy (non-hydrogen) atoms. The van der Waals surface area contributed by atoms with Gasteiger partial charge in [0.1, 0.15) is 28.5 Å². The van der Waals surface area contributed by atoms with E-state index in [2.05, 4.69) is 16.3 Å². The number of fused-ring (bicyclic) bond motifs is 1. The highest BCUT2D eigenvalue weighted by atomic mass is 32.1. The molecule has 4 rings (SSSR count). The summed E-state index contributed by atoms with van der Waals surface area (Å²) in [5, 5.41) is 22.4. The Morgan fingerprint density at radius 2 is 1.87 bits per heavy atom. The van der Waals surface area contributed by atoms with Gasteiger partial charge in [-0.2, -0.15) is 10.5 Å². The van der Waals surface area contributed by atoms with Crippen molar-refractivity contribution in [3.8, 4) is 12.1 Å². The van der Waals surface area contributed by atoms with Crippen LogP contribution in [0, 0.1) is 22.7 Å². The maximum Gasteiger partial charge on any atom is 0.267 e. The summed E-state index contributed by atoms with van der Waals surface area (Å²) < 4.78 is 5.89. The van der Waals surface area contributed by atoms with E-state index >= 15 is 0 Å². The third-order valence-electron chi connectivity index (χ3n) is 5.69. The fourth-order valence-electron chi connectivity index (χ4n) is 4.11. The van der Waals surface area contributed by atoms with E-state index in [1.807, 2.05) is 12.1 Å². The number of hydrogen-bond donors (Lipinski definition) is 1. The van der Waals surface area contributed by atoms with Crippen LogP contribution in [0.3, 0.4) is 0 Å². The number of nitrogens with zero attached hydrogens (tertiary/aromatic N) is 3. The second-order valence-electron chi connectivity index (χ2n) is 7.73. The number of nitrogens with one attached hydrogen (secondary N) is 1. The Labute approximate surface area is 180 Å². The summed E-state index contributed by atoms with van der Waals surface area (Å²) in [5.41, 5.74) is 1.56. The topological polar surface area (TPSA) is 93.1 Å². The van der Waals surface area contributed by atoms with Crippen LogP contribution in [-0.4, -0.2) is 19.0 Å². The van der Waals surface area contributed by atoms with Crippen LogP contribution in [0.2, 0.25) is 0 Å². The molecule has 0 aromatic carbocycles. The summed E-state index contributed by atoms with van der Waals surface area (Å²) in [7, 11) is 0. The van der Waals surface area contributed by atoms with E-state index in [9.17, 15) is 15.3 Å². The maximum absolute atomic E-state index is 12.7. The second kappa shape index (κ2) is 9.19. The minimum absolute atomic E-state index is 0.0398. The molecular weight excluding hydrogens is 396 g/mol. The van der Waals surface area contributed by atoms with Gasteiger partial charge in [-0.1, -0.05) is 12.8 Å². The largest absolute Gasteiger partial charge is 0.441 e. The molecule has 7 heteroatoms. The molecule has 3 heterocycles. The summed E-state index contributed by atoms with van der Waals surface area (Å²) in [6.45, 7) is 1.92. The normalized spacial score (nSPS) is 16.9. The molecule has 0 spiro atoms. The number of carbonyl (C=O) groups excluding carboxylic acids is 1. The summed E-state index contributed by atoms with van der Waals surface area (Å²) in [5.74, 6) is 0.741. The van der Waals surface area contributed by atoms with Gasteiger partial charge in [-0.3, -0.25) is 4.79 Å². The molecule has 0 bridgehead atoms. The van der Waals surface area contributed by atoms with Crippen molar-refractivity contribution >= 4 is 34.2 Å². The fraction of sp³-hybridized carbons (Fsp3) is 0.435. The van der Waals surface area contributed by atoms with Crippen molar-refractivity contribution < 1.29 is 9.21 Å². The van der Waals surface area contributed by atoms with Crippen molar-refractivity contribution in [3.63, 3.8) is 0 Å². The molecule has 2 aromatic heterocycles. The van der Waals surface area contributed by atoms with Crippen molar-refractivity contribution in [2.45, 2.75) is 51.4 Å². The van der Waals surface area contributed by atoms with Crippen LogP contribution in [0.4, 0.5) is 10.9 Å². The van der Waals surface area contributed by atoms with Gasteiger partial charge >= 0.3 is 0 Å². The summed E-state index contributed by atoms with van der Waals surface area (Å²) >= 11 is 1.45. The Morgan fingerprint density at radius 1 is 1.10 bits per heavy atom. The lowest BCUT2D eigenvalue weighted by molar-refractivity contribution is -0.112. The third-order valence-corrected chi connectivity index (χ3v) is 6.90. The number of anilines is 2. The average Bonchev–Trinajstić information content (AvgIpc) is 3.26. The van der Waals surface area contributed by atoms with Crippen molar-refractivity contribution in [3.05, 3.63) is 39.5 Å². The van der Waals surface area contributed by atoms with Crippen LogP contribution in [-0.2, 0) is 17.6 Å². The number of rotatable bonds is 4. The molecular formula is C23H24N4O2S. The molecule has 6 nitrogen and oxygen atoms in total. The van der Waals surface area contributed by atoms with Gasteiger partial charge in [-0.25, -0.2) is 0 Å². The Bertz CT molecular complexity index is 1040. The molecule has 154 valence electrons. The van der Waals surface area contributed by atoms with Gasteiger partial charge in [0.15, 0.2) is 5.88 Å². The zero-order valence-electron chi connectivity index (χ0n) is 16.9. The molecule has 0 unspecified atom stereocenters. The Hall–Kier alpha value is -3.03. The lowest BCUT2D eigenvalue weighted by Gasteiger charge is -2.18. The lowest BCUT2D eigenvalue weighted by atomic mass is 9.96. The third kappa shape index (κ3) is 4.27. The van der Waals surface area contributed by atoms with E-state index in [1.165, 1.54) is 35.1 Å². The standard InChI is InChI=1S/C23H24N4O2S/c24-14-16(13-17-9-10-21(29-17)27-11-5-1-2-6-12-27)22(28)26-23-19(15-25)18-7-3-4-8-20(18)30-23/h9-10,13H,1-8,11-12H2,(H,26,28)/b16-13+. The van der Waals surface area contributed by atoms with Crippen LogP contribution in [0.25, 0.3) is 6.08 Å². The van der Waals surface area contributed by atoms with E-state index in [4.69, 9.17) is 4.42 Å². The minimum atomic E-state index is -0.514. The Balaban J connectivity index is 1.51. The molecule has 2 aliphatic rings. The zero-order chi connectivity index (χ0) is 20.9. The molecule has 0 atom stereocenters. The molecule has 1 aliphatic carbocycles. The number of thiophene rings is 1. The lowest BCUT2D eigenvalue weighted by Crippen LogP contribution is -2.23. The van der Waals surface area contributed by atoms with Gasteiger partial charge in [0.05, 0.1) is 5.56 Å². The van der Waals surface area contributed by atoms with Crippen molar-refractivity contribution in [1.82, 2.24) is 0 Å². The smallest absolute Gasteiger partial charge is 0.267 e. The predicted octanol–water partition coefficient (Wildman–Crippen LogP) is 5.02. The van der Waals surface area contributed by atoms with E-state index in [1.54, 1.807) is 6.07 Å². The van der Waals surface area contributed by atoms with Crippen LogP contribution < -0.4 is 10.2 Å². The molecule has 1 aliphatic heterocycles. The molecule has 1 amide bonds. The second-order valence-corrected chi connectivity index (χ2v) is 8.83. The van der Waals surface area contributed by atoms with Crippen molar-refractivity contribution in [1.29, 1.82) is 10.5 Å². The predicted molar refractivity (Wildman–Crippen MR) is 117 cm³/mol. The van der Waals surface area contributed by atoms with Gasteiger partial charge in [0, 0.05) is 30.1 Å². The number of hydrogen-bond acceptors (Lipinski definition) is 6. The molecule has 0 radical (unpaired) electrons. The van der Waals surface area contributed by atoms with E-state index in [0.717, 1.165) is 63.1 Å². The summed E-state index contributed by atoms with van der Waals surface area (Å²) in [6, 6.07) is 7.88. The number of aryl methyl sites for hydroxylation is 1. The van der Waals surface area contributed by atoms with E-state index < -0.39 is 5.91 Å². The van der Waals surface area contributed by atoms with Gasteiger partial charge in [0.2, 0.25) is 0 Å². The number of carbonyl (C=O) groups is 1. The van der Waals surface area contributed by atoms with Crippen molar-refractivity contribution in [2.24, 2.45) is 0 Å². The monoisotopic (exact) mass is 420 g/mol. The van der Waals surface area contributed by atoms with Crippen LogP contribution >= 0.6 is 11.3 Å². The quantitative estimate of drug-likeness (QED) is 0.554. The minimum Gasteiger partial charge on any atom is -0.441 e. The summed E-state index contributed by atoms with van der Waals surface area (Å²) in [6.07, 6.45) is 10.2. The Kier molecular flexibility index (Phi) is 6.21. The molecule has 1 N–H and O–H groups in total. The summed E-state index contributed by atoms with van der Waals surface area (Å²) in [4.78, 5) is 16.1. The molecule has 1 fully saturated rings. The van der Waals surface area contributed by atoms with E-state index in [0.29, 0.717) is 16.3 Å². The molecule has 0 saturated carbocycles. The number of furan rings is 1. The van der Waals surface area contributed by atoms with Crippen molar-refractivity contribution in [2.75, 3.05) is 23.3 Å². The van der Waals surface area contributed by atoms with Crippen LogP contribution in [0.15, 0.2) is 22.1 Å². The number of nitriles is 2. The first-order valence-corrected chi connectivity index (χ1v) is 11.3. The SMILES string of the molecule is N#C/C(=C\c1ccc(N2CCCCCC2)o1)C(=O)Nc1sc2c(c1C#N)CCCC2. The first-order valence-electron chi connectivity index (χ1n) is 10.5. The highest BCUT2D eigenvalue weighted by Gasteiger charge is 2.23. The van der Waals surface area contributed by atoms with Gasteiger partial charge in [-0.15, -0.1) is 11.3 Å². The van der Waals surface area contributed by atoms with E-state index in [-0.39, 0.29) is 5.57 Å². The molecule has 2 aromatic rings. The van der Waals surface area contributed by atoms with Gasteiger partial charge in [-0.05, 0) is 50.2 Å². The van der Waals surface area contributed by atoms with Gasteiger partial charge < -0.3 is 14.6 Å². The van der Waals surface area contributed by atoms with Crippen LogP contribution in [0.1, 0.15) is 60.3 Å². The Morgan fingerprint density at radius 3 is 2.60 bits per heavy atom. The zero-order valence-corrected chi connectivity index (χ0v) is 17.7. The highest BCUT2D eigenvalue weighted by molar-refractivity contribution is 7.16. The van der Waals surface area contributed by atoms with Gasteiger partial charge in [0.25, 0.3) is 5.91 Å². The number of amides is 1. The first kappa shape index (κ1) is 20.3. The highest BCUT2D eigenvalue weighted by Crippen LogP contribution is 2.37. The molecule has 1 saturated heterocycles. The maximum atomic E-state index is 12.7. The fourth-order valence-corrected chi connectivity index (χ4v) is 5.35.